The molecular formula is C34H53N5O5S. The van der Waals surface area contributed by atoms with Crippen molar-refractivity contribution in [1.82, 2.24) is 25.8 Å². The number of rotatable bonds is 16. The van der Waals surface area contributed by atoms with E-state index < -0.39 is 30.0 Å². The van der Waals surface area contributed by atoms with Gasteiger partial charge in [-0.3, -0.25) is 19.2 Å². The number of thiazole rings is 1. The largest absolute Gasteiger partial charge is 0.391 e. The van der Waals surface area contributed by atoms with Crippen molar-refractivity contribution in [2.45, 2.75) is 99.9 Å². The molecule has 1 heterocycles. The normalized spacial score (nSPS) is 14.2. The summed E-state index contributed by atoms with van der Waals surface area (Å²) in [6, 6.07) is 3.71. The Balaban J connectivity index is 2.13. The lowest BCUT2D eigenvalue weighted by atomic mass is 9.91. The molecule has 11 heteroatoms. The molecule has 250 valence electrons. The van der Waals surface area contributed by atoms with Gasteiger partial charge in [0, 0.05) is 41.7 Å². The van der Waals surface area contributed by atoms with Crippen molar-refractivity contribution in [3.63, 3.8) is 0 Å². The average Bonchev–Trinajstić information content (AvgIpc) is 3.36. The van der Waals surface area contributed by atoms with Gasteiger partial charge in [-0.05, 0) is 68.2 Å². The summed E-state index contributed by atoms with van der Waals surface area (Å²) < 4.78 is 0. The highest BCUT2D eigenvalue weighted by Crippen LogP contribution is 2.19. The molecular weight excluding hydrogens is 590 g/mol. The highest BCUT2D eigenvalue weighted by atomic mass is 32.1. The Morgan fingerprint density at radius 3 is 2.09 bits per heavy atom. The quantitative estimate of drug-likeness (QED) is 0.213. The van der Waals surface area contributed by atoms with Crippen LogP contribution in [0.2, 0.25) is 0 Å². The van der Waals surface area contributed by atoms with Crippen molar-refractivity contribution in [3.8, 4) is 0 Å². The Bertz CT molecular complexity index is 1310. The standard InChI is InChI=1S/C34H53N5O5S/c1-19(2)11-27(28(40)14-23(8)31(41)38-30(21(5)6)33(43)35-16-20(3)4)37-32(42)25-12-22(7)13-26(15-25)34(44)39(10)17-29-36-24(9)18-45-29/h12-13,15,18-21,23,27-28,30,40H,11,14,16-17H2,1-10H3,(H,35,43)(H,37,42)(H,38,41). The maximum Gasteiger partial charge on any atom is 0.254 e. The highest BCUT2D eigenvalue weighted by molar-refractivity contribution is 7.09. The lowest BCUT2D eigenvalue weighted by molar-refractivity contribution is -0.132. The number of carbonyl (C=O) groups is 4. The molecule has 2 rings (SSSR count). The van der Waals surface area contributed by atoms with E-state index in [1.54, 1.807) is 37.1 Å². The van der Waals surface area contributed by atoms with Crippen molar-refractivity contribution < 1.29 is 24.3 Å². The first-order valence-electron chi connectivity index (χ1n) is 15.8. The second-order valence-electron chi connectivity index (χ2n) is 13.4. The molecule has 1 aromatic heterocycles. The Labute approximate surface area is 272 Å². The van der Waals surface area contributed by atoms with Gasteiger partial charge in [-0.2, -0.15) is 0 Å². The number of hydrogen-bond donors (Lipinski definition) is 4. The SMILES string of the molecule is Cc1cc(C(=O)NC(CC(C)C)C(O)CC(C)C(=O)NC(C(=O)NCC(C)C)C(C)C)cc(C(=O)N(C)Cc2nc(C)cs2)c1. The Morgan fingerprint density at radius 2 is 1.53 bits per heavy atom. The van der Waals surface area contributed by atoms with E-state index in [9.17, 15) is 24.3 Å². The van der Waals surface area contributed by atoms with Gasteiger partial charge in [0.15, 0.2) is 0 Å². The second-order valence-corrected chi connectivity index (χ2v) is 14.4. The molecule has 0 aliphatic heterocycles. The first-order valence-corrected chi connectivity index (χ1v) is 16.7. The van der Waals surface area contributed by atoms with Gasteiger partial charge in [0.1, 0.15) is 11.0 Å². The molecule has 0 fully saturated rings. The highest BCUT2D eigenvalue weighted by Gasteiger charge is 2.30. The van der Waals surface area contributed by atoms with Crippen LogP contribution in [0.4, 0.5) is 0 Å². The lowest BCUT2D eigenvalue weighted by Crippen LogP contribution is -2.52. The van der Waals surface area contributed by atoms with Crippen molar-refractivity contribution in [2.75, 3.05) is 13.6 Å². The number of aliphatic hydroxyl groups is 1. The third-order valence-electron chi connectivity index (χ3n) is 7.45. The van der Waals surface area contributed by atoms with Crippen LogP contribution in [0, 0.1) is 37.5 Å². The number of carbonyl (C=O) groups excluding carboxylic acids is 4. The maximum atomic E-state index is 13.5. The Kier molecular flexibility index (Phi) is 14.6. The lowest BCUT2D eigenvalue weighted by Gasteiger charge is -2.29. The van der Waals surface area contributed by atoms with Gasteiger partial charge in [0.05, 0.1) is 18.7 Å². The number of aliphatic hydroxyl groups excluding tert-OH is 1. The topological polar surface area (TPSA) is 141 Å². The molecule has 4 atom stereocenters. The van der Waals surface area contributed by atoms with Crippen LogP contribution in [0.5, 0.6) is 0 Å². The van der Waals surface area contributed by atoms with E-state index >= 15 is 0 Å². The first-order chi connectivity index (χ1) is 21.0. The van der Waals surface area contributed by atoms with Crippen LogP contribution in [-0.2, 0) is 16.1 Å². The number of benzene rings is 1. The third-order valence-corrected chi connectivity index (χ3v) is 8.40. The first kappa shape index (κ1) is 37.9. The Morgan fingerprint density at radius 1 is 0.889 bits per heavy atom. The van der Waals surface area contributed by atoms with E-state index in [4.69, 9.17) is 0 Å². The zero-order valence-electron chi connectivity index (χ0n) is 28.6. The smallest absolute Gasteiger partial charge is 0.254 e. The van der Waals surface area contributed by atoms with Crippen LogP contribution >= 0.6 is 11.3 Å². The van der Waals surface area contributed by atoms with Crippen LogP contribution in [0.15, 0.2) is 23.6 Å². The monoisotopic (exact) mass is 643 g/mol. The summed E-state index contributed by atoms with van der Waals surface area (Å²) in [4.78, 5) is 58.5. The van der Waals surface area contributed by atoms with Crippen LogP contribution in [0.3, 0.4) is 0 Å². The molecule has 2 aromatic rings. The molecule has 0 saturated carbocycles. The molecule has 0 aliphatic carbocycles. The molecule has 4 unspecified atom stereocenters. The number of nitrogens with zero attached hydrogens (tertiary/aromatic N) is 2. The fraction of sp³-hybridized carbons (Fsp3) is 0.618. The molecule has 0 radical (unpaired) electrons. The van der Waals surface area contributed by atoms with Crippen molar-refractivity contribution in [1.29, 1.82) is 0 Å². The van der Waals surface area contributed by atoms with Crippen molar-refractivity contribution in [3.05, 3.63) is 51.0 Å². The van der Waals surface area contributed by atoms with Crippen molar-refractivity contribution >= 4 is 35.0 Å². The summed E-state index contributed by atoms with van der Waals surface area (Å²) >= 11 is 1.49. The molecule has 4 N–H and O–H groups in total. The number of hydrogen-bond acceptors (Lipinski definition) is 7. The number of amides is 4. The summed E-state index contributed by atoms with van der Waals surface area (Å²) in [5, 5.41) is 22.7. The number of aryl methyl sites for hydroxylation is 2. The fourth-order valence-corrected chi connectivity index (χ4v) is 5.78. The molecule has 45 heavy (non-hydrogen) atoms. The van der Waals surface area contributed by atoms with Crippen LogP contribution < -0.4 is 16.0 Å². The van der Waals surface area contributed by atoms with E-state index in [-0.39, 0.29) is 41.9 Å². The number of nitrogens with one attached hydrogen (secondary N) is 3. The molecule has 1 aromatic carbocycles. The zero-order valence-corrected chi connectivity index (χ0v) is 29.4. The van der Waals surface area contributed by atoms with Crippen LogP contribution in [0.1, 0.15) is 98.3 Å². The van der Waals surface area contributed by atoms with Gasteiger partial charge < -0.3 is 26.0 Å². The summed E-state index contributed by atoms with van der Waals surface area (Å²) in [6.45, 7) is 18.1. The summed E-state index contributed by atoms with van der Waals surface area (Å²) in [7, 11) is 1.70. The van der Waals surface area contributed by atoms with E-state index in [1.807, 2.05) is 60.8 Å². The van der Waals surface area contributed by atoms with Gasteiger partial charge in [0.25, 0.3) is 11.8 Å². The van der Waals surface area contributed by atoms with Crippen LogP contribution in [-0.4, -0.2) is 70.4 Å². The minimum Gasteiger partial charge on any atom is -0.391 e. The summed E-state index contributed by atoms with van der Waals surface area (Å²) in [5.41, 5.74) is 2.37. The minimum absolute atomic E-state index is 0.0977. The molecule has 4 amide bonds. The minimum atomic E-state index is -1.01. The van der Waals surface area contributed by atoms with Gasteiger partial charge in [-0.1, -0.05) is 48.5 Å². The molecule has 0 spiro atoms. The summed E-state index contributed by atoms with van der Waals surface area (Å²) in [6.07, 6.45) is -0.426. The molecule has 0 saturated heterocycles. The zero-order chi connectivity index (χ0) is 34.0. The predicted molar refractivity (Wildman–Crippen MR) is 179 cm³/mol. The van der Waals surface area contributed by atoms with E-state index in [1.165, 1.54) is 11.3 Å². The molecule has 0 bridgehead atoms. The second kappa shape index (κ2) is 17.4. The van der Waals surface area contributed by atoms with Crippen LogP contribution in [0.25, 0.3) is 0 Å². The Hall–Kier alpha value is -3.31. The van der Waals surface area contributed by atoms with Gasteiger partial charge >= 0.3 is 0 Å². The maximum absolute atomic E-state index is 13.5. The molecule has 10 nitrogen and oxygen atoms in total. The van der Waals surface area contributed by atoms with E-state index in [2.05, 4.69) is 20.9 Å². The van der Waals surface area contributed by atoms with Crippen molar-refractivity contribution in [2.24, 2.45) is 23.7 Å². The average molecular weight is 644 g/mol. The van der Waals surface area contributed by atoms with Gasteiger partial charge in [-0.15, -0.1) is 11.3 Å². The van der Waals surface area contributed by atoms with Gasteiger partial charge in [0.2, 0.25) is 11.8 Å². The predicted octanol–water partition coefficient (Wildman–Crippen LogP) is 4.48. The summed E-state index contributed by atoms with van der Waals surface area (Å²) in [5.74, 6) is -1.48. The third kappa shape index (κ3) is 12.2. The van der Waals surface area contributed by atoms with E-state index in [0.29, 0.717) is 30.6 Å². The molecule has 0 aliphatic rings. The van der Waals surface area contributed by atoms with E-state index in [0.717, 1.165) is 16.3 Å². The number of aromatic nitrogens is 1. The van der Waals surface area contributed by atoms with Gasteiger partial charge in [-0.25, -0.2) is 4.98 Å². The fourth-order valence-electron chi connectivity index (χ4n) is 4.96.